The number of aliphatic hydroxyl groups excluding tert-OH is 1. The van der Waals surface area contributed by atoms with Crippen LogP contribution in [0, 0.1) is 20.8 Å². The molecule has 0 radical (unpaired) electrons. The van der Waals surface area contributed by atoms with Crippen molar-refractivity contribution >= 4 is 0 Å². The van der Waals surface area contributed by atoms with E-state index in [2.05, 4.69) is 44.7 Å². The molecule has 0 amide bonds. The van der Waals surface area contributed by atoms with Gasteiger partial charge in [0.1, 0.15) is 0 Å². The minimum absolute atomic E-state index is 0.240. The second-order valence-electron chi connectivity index (χ2n) is 4.88. The topological polar surface area (TPSA) is 23.5 Å². The van der Waals surface area contributed by atoms with Crippen molar-refractivity contribution in [2.45, 2.75) is 40.7 Å². The molecule has 0 bridgehead atoms. The number of hydrogen-bond acceptors (Lipinski definition) is 2. The van der Waals surface area contributed by atoms with Crippen LogP contribution in [-0.2, 0) is 6.54 Å². The fraction of sp³-hybridized carbons (Fsp3) is 0.600. The van der Waals surface area contributed by atoms with Crippen LogP contribution in [0.3, 0.4) is 0 Å². The van der Waals surface area contributed by atoms with Crippen molar-refractivity contribution in [3.63, 3.8) is 0 Å². The van der Waals surface area contributed by atoms with Gasteiger partial charge < -0.3 is 5.11 Å². The van der Waals surface area contributed by atoms with E-state index in [0.717, 1.165) is 26.1 Å². The van der Waals surface area contributed by atoms with Crippen molar-refractivity contribution in [3.05, 3.63) is 34.4 Å². The first kappa shape index (κ1) is 14.2. The summed E-state index contributed by atoms with van der Waals surface area (Å²) in [4.78, 5) is 2.32. The molecule has 0 fully saturated rings. The molecule has 17 heavy (non-hydrogen) atoms. The first-order valence-electron chi connectivity index (χ1n) is 6.48. The predicted molar refractivity (Wildman–Crippen MR) is 73.3 cm³/mol. The zero-order chi connectivity index (χ0) is 12.8. The Hall–Kier alpha value is -0.860. The monoisotopic (exact) mass is 235 g/mol. The molecule has 0 aliphatic carbocycles. The first-order valence-corrected chi connectivity index (χ1v) is 6.48. The fourth-order valence-electron chi connectivity index (χ4n) is 2.41. The molecular formula is C15H25NO. The minimum atomic E-state index is 0.240. The molecular weight excluding hydrogens is 210 g/mol. The zero-order valence-corrected chi connectivity index (χ0v) is 11.6. The largest absolute Gasteiger partial charge is 0.395 e. The van der Waals surface area contributed by atoms with Crippen molar-refractivity contribution < 1.29 is 5.11 Å². The summed E-state index contributed by atoms with van der Waals surface area (Å²) >= 11 is 0. The van der Waals surface area contributed by atoms with Crippen LogP contribution >= 0.6 is 0 Å². The van der Waals surface area contributed by atoms with E-state index < -0.39 is 0 Å². The third kappa shape index (κ3) is 4.14. The second kappa shape index (κ2) is 6.77. The molecule has 0 spiro atoms. The Morgan fingerprint density at radius 1 is 1.06 bits per heavy atom. The molecule has 0 atom stereocenters. The summed E-state index contributed by atoms with van der Waals surface area (Å²) in [5, 5.41) is 9.08. The van der Waals surface area contributed by atoms with Crippen LogP contribution in [0.2, 0.25) is 0 Å². The molecule has 96 valence electrons. The minimum Gasteiger partial charge on any atom is -0.395 e. The molecule has 0 heterocycles. The van der Waals surface area contributed by atoms with E-state index in [1.165, 1.54) is 22.3 Å². The van der Waals surface area contributed by atoms with Crippen molar-refractivity contribution in [1.29, 1.82) is 0 Å². The number of hydrogen-bond donors (Lipinski definition) is 1. The third-order valence-electron chi connectivity index (χ3n) is 3.18. The van der Waals surface area contributed by atoms with E-state index in [1.807, 2.05) is 0 Å². The molecule has 1 aromatic rings. The Labute approximate surface area is 105 Å². The van der Waals surface area contributed by atoms with Crippen LogP contribution in [0.25, 0.3) is 0 Å². The molecule has 1 aromatic carbocycles. The van der Waals surface area contributed by atoms with Gasteiger partial charge in [0.15, 0.2) is 0 Å². The molecule has 0 unspecified atom stereocenters. The molecule has 0 aliphatic rings. The summed E-state index contributed by atoms with van der Waals surface area (Å²) < 4.78 is 0. The van der Waals surface area contributed by atoms with E-state index in [4.69, 9.17) is 5.11 Å². The van der Waals surface area contributed by atoms with Gasteiger partial charge >= 0.3 is 0 Å². The summed E-state index contributed by atoms with van der Waals surface area (Å²) in [7, 11) is 0. The molecule has 0 saturated heterocycles. The highest BCUT2D eigenvalue weighted by molar-refractivity contribution is 5.37. The standard InChI is InChI=1S/C15H25NO/c1-5-6-16(7-8-17)11-15-13(3)9-12(2)10-14(15)4/h9-10,17H,5-8,11H2,1-4H3. The highest BCUT2D eigenvalue weighted by Gasteiger charge is 2.09. The van der Waals surface area contributed by atoms with E-state index in [1.54, 1.807) is 0 Å². The van der Waals surface area contributed by atoms with Gasteiger partial charge in [-0.3, -0.25) is 4.90 Å². The van der Waals surface area contributed by atoms with Gasteiger partial charge in [-0.25, -0.2) is 0 Å². The second-order valence-corrected chi connectivity index (χ2v) is 4.88. The van der Waals surface area contributed by atoms with Gasteiger partial charge in [-0.05, 0) is 50.4 Å². The van der Waals surface area contributed by atoms with Crippen LogP contribution < -0.4 is 0 Å². The first-order chi connectivity index (χ1) is 8.08. The number of aryl methyl sites for hydroxylation is 3. The summed E-state index contributed by atoms with van der Waals surface area (Å²) in [6, 6.07) is 4.48. The highest BCUT2D eigenvalue weighted by atomic mass is 16.3. The average Bonchev–Trinajstić information content (AvgIpc) is 2.23. The van der Waals surface area contributed by atoms with Gasteiger partial charge in [0.25, 0.3) is 0 Å². The SMILES string of the molecule is CCCN(CCO)Cc1c(C)cc(C)cc1C. The summed E-state index contributed by atoms with van der Waals surface area (Å²) in [5.74, 6) is 0. The zero-order valence-electron chi connectivity index (χ0n) is 11.6. The van der Waals surface area contributed by atoms with E-state index in [-0.39, 0.29) is 6.61 Å². The van der Waals surface area contributed by atoms with Crippen molar-refractivity contribution in [2.24, 2.45) is 0 Å². The molecule has 0 saturated carbocycles. The maximum Gasteiger partial charge on any atom is 0.0558 e. The molecule has 1 N–H and O–H groups in total. The maximum absolute atomic E-state index is 9.08. The van der Waals surface area contributed by atoms with Crippen molar-refractivity contribution in [3.8, 4) is 0 Å². The average molecular weight is 235 g/mol. The highest BCUT2D eigenvalue weighted by Crippen LogP contribution is 2.18. The van der Waals surface area contributed by atoms with Crippen LogP contribution in [0.4, 0.5) is 0 Å². The van der Waals surface area contributed by atoms with Gasteiger partial charge in [0, 0.05) is 13.1 Å². The van der Waals surface area contributed by atoms with Gasteiger partial charge in [0.05, 0.1) is 6.61 Å². The Morgan fingerprint density at radius 3 is 2.12 bits per heavy atom. The Kier molecular flexibility index (Phi) is 5.66. The van der Waals surface area contributed by atoms with E-state index in [9.17, 15) is 0 Å². The van der Waals surface area contributed by atoms with Crippen molar-refractivity contribution in [2.75, 3.05) is 19.7 Å². The van der Waals surface area contributed by atoms with Gasteiger partial charge in [-0.1, -0.05) is 24.6 Å². The molecule has 0 aromatic heterocycles. The molecule has 0 aliphatic heterocycles. The Bertz CT molecular complexity index is 331. The number of rotatable bonds is 6. The van der Waals surface area contributed by atoms with Gasteiger partial charge in [0.2, 0.25) is 0 Å². The number of aliphatic hydroxyl groups is 1. The van der Waals surface area contributed by atoms with Crippen LogP contribution in [-0.4, -0.2) is 29.7 Å². The molecule has 2 nitrogen and oxygen atoms in total. The third-order valence-corrected chi connectivity index (χ3v) is 3.18. The maximum atomic E-state index is 9.08. The lowest BCUT2D eigenvalue weighted by atomic mass is 9.99. The summed E-state index contributed by atoms with van der Waals surface area (Å²) in [5.41, 5.74) is 5.47. The molecule has 2 heteroatoms. The van der Waals surface area contributed by atoms with E-state index in [0.29, 0.717) is 0 Å². The van der Waals surface area contributed by atoms with Crippen LogP contribution in [0.15, 0.2) is 12.1 Å². The summed E-state index contributed by atoms with van der Waals surface area (Å²) in [6.45, 7) is 11.7. The lowest BCUT2D eigenvalue weighted by Crippen LogP contribution is -2.28. The lowest BCUT2D eigenvalue weighted by Gasteiger charge is -2.23. The normalized spacial score (nSPS) is 11.2. The van der Waals surface area contributed by atoms with Crippen LogP contribution in [0.1, 0.15) is 35.6 Å². The number of benzene rings is 1. The summed E-state index contributed by atoms with van der Waals surface area (Å²) in [6.07, 6.45) is 1.13. The number of nitrogens with zero attached hydrogens (tertiary/aromatic N) is 1. The Morgan fingerprint density at radius 2 is 1.65 bits per heavy atom. The fourth-order valence-corrected chi connectivity index (χ4v) is 2.41. The smallest absolute Gasteiger partial charge is 0.0558 e. The van der Waals surface area contributed by atoms with E-state index >= 15 is 0 Å². The van der Waals surface area contributed by atoms with Crippen LogP contribution in [0.5, 0.6) is 0 Å². The van der Waals surface area contributed by atoms with Crippen molar-refractivity contribution in [1.82, 2.24) is 4.90 Å². The predicted octanol–water partition coefficient (Wildman–Crippen LogP) is 2.82. The lowest BCUT2D eigenvalue weighted by molar-refractivity contribution is 0.190. The van der Waals surface area contributed by atoms with Gasteiger partial charge in [-0.15, -0.1) is 0 Å². The quantitative estimate of drug-likeness (QED) is 0.819. The van der Waals surface area contributed by atoms with Gasteiger partial charge in [-0.2, -0.15) is 0 Å². The molecule has 1 rings (SSSR count). The Balaban J connectivity index is 2.84.